The second kappa shape index (κ2) is 10.1. The highest BCUT2D eigenvalue weighted by Gasteiger charge is 2.53. The van der Waals surface area contributed by atoms with Crippen LogP contribution >= 0.6 is 11.8 Å². The molecule has 2 amide bonds. The van der Waals surface area contributed by atoms with Gasteiger partial charge in [0.2, 0.25) is 18.0 Å². The molecule has 9 nitrogen and oxygen atoms in total. The zero-order chi connectivity index (χ0) is 27.7. The van der Waals surface area contributed by atoms with E-state index in [0.717, 1.165) is 4.90 Å². The Kier molecular flexibility index (Phi) is 6.66. The van der Waals surface area contributed by atoms with Crippen LogP contribution in [0.25, 0.3) is 5.70 Å². The predicted molar refractivity (Wildman–Crippen MR) is 144 cm³/mol. The third-order valence-corrected chi connectivity index (χ3v) is 7.47. The number of aldehydes is 1. The van der Waals surface area contributed by atoms with E-state index in [9.17, 15) is 28.8 Å². The van der Waals surface area contributed by atoms with Crippen molar-refractivity contribution < 1.29 is 23.6 Å². The molecule has 2 aliphatic heterocycles. The van der Waals surface area contributed by atoms with E-state index in [0.29, 0.717) is 33.9 Å². The second-order valence-electron chi connectivity index (χ2n) is 8.66. The summed E-state index contributed by atoms with van der Waals surface area (Å²) in [6, 6.07) is 21.3. The SMILES string of the molecule is N#CC(C(N)=O)C(=O)C1=N[N+](c2ccccc2)(c2ccc(F)cc2)C2=C1CSc1ccc(NC(=O)C=O)cc12. The first kappa shape index (κ1) is 25.7. The molecule has 0 spiro atoms. The van der Waals surface area contributed by atoms with Gasteiger partial charge < -0.3 is 11.1 Å². The molecular weight excluding hydrogens is 521 g/mol. The number of carbonyl (C=O) groups excluding carboxylic acids is 4. The number of thioether (sulfide) groups is 1. The number of para-hydroxylation sites is 1. The van der Waals surface area contributed by atoms with E-state index in [-0.39, 0.29) is 17.8 Å². The van der Waals surface area contributed by atoms with Crippen molar-refractivity contribution in [2.75, 3.05) is 11.1 Å². The summed E-state index contributed by atoms with van der Waals surface area (Å²) >= 11 is 1.40. The molecular formula is C28H19FN5O4S+. The average Bonchev–Trinajstić information content (AvgIpc) is 3.31. The minimum atomic E-state index is -1.76. The molecule has 11 heteroatoms. The number of Topliss-reactive ketones (excluding diaryl/α,β-unsaturated/α-hetero) is 1. The van der Waals surface area contributed by atoms with Gasteiger partial charge in [-0.2, -0.15) is 5.26 Å². The van der Waals surface area contributed by atoms with E-state index in [4.69, 9.17) is 10.8 Å². The lowest BCUT2D eigenvalue weighted by atomic mass is 9.94. The van der Waals surface area contributed by atoms with Crippen molar-refractivity contribution in [1.29, 1.82) is 5.26 Å². The first-order valence-electron chi connectivity index (χ1n) is 11.6. The van der Waals surface area contributed by atoms with Crippen molar-refractivity contribution in [1.82, 2.24) is 4.59 Å². The number of benzene rings is 3. The summed E-state index contributed by atoms with van der Waals surface area (Å²) in [7, 11) is 0. The largest absolute Gasteiger partial charge is 0.368 e. The van der Waals surface area contributed by atoms with Crippen LogP contribution in [0.3, 0.4) is 0 Å². The van der Waals surface area contributed by atoms with Crippen molar-refractivity contribution in [3.63, 3.8) is 0 Å². The van der Waals surface area contributed by atoms with Crippen molar-refractivity contribution in [3.8, 4) is 6.07 Å². The zero-order valence-corrected chi connectivity index (χ0v) is 20.9. The van der Waals surface area contributed by atoms with Crippen molar-refractivity contribution in [3.05, 3.63) is 89.8 Å². The Morgan fingerprint density at radius 3 is 2.41 bits per heavy atom. The summed E-state index contributed by atoms with van der Waals surface area (Å²) in [4.78, 5) is 49.1. The lowest BCUT2D eigenvalue weighted by molar-refractivity contribution is -0.127. The third kappa shape index (κ3) is 4.31. The highest BCUT2D eigenvalue weighted by atomic mass is 32.2. The van der Waals surface area contributed by atoms with Crippen LogP contribution in [-0.4, -0.2) is 35.3 Å². The summed E-state index contributed by atoms with van der Waals surface area (Å²) in [6.07, 6.45) is 0.156. The molecule has 5 rings (SSSR count). The number of rotatable bonds is 7. The van der Waals surface area contributed by atoms with Gasteiger partial charge in [-0.15, -0.1) is 11.8 Å². The molecule has 2 heterocycles. The van der Waals surface area contributed by atoms with E-state index in [1.807, 2.05) is 6.07 Å². The lowest BCUT2D eigenvalue weighted by Crippen LogP contribution is -2.36. The molecule has 2 aliphatic rings. The van der Waals surface area contributed by atoms with Gasteiger partial charge in [0.1, 0.15) is 5.82 Å². The summed E-state index contributed by atoms with van der Waals surface area (Å²) in [5.74, 6) is -4.74. The molecule has 0 aliphatic carbocycles. The van der Waals surface area contributed by atoms with Crippen LogP contribution in [0.15, 0.2) is 88.4 Å². The number of hydrogen-bond donors (Lipinski definition) is 2. The Hall–Kier alpha value is -4.92. The summed E-state index contributed by atoms with van der Waals surface area (Å²) in [6.45, 7) is 0. The number of halogens is 1. The number of nitriles is 1. The number of primary amides is 1. The topological polar surface area (TPSA) is 142 Å². The molecule has 0 radical (unpaired) electrons. The molecule has 0 saturated carbocycles. The van der Waals surface area contributed by atoms with Gasteiger partial charge in [-0.05, 0) is 30.3 Å². The van der Waals surface area contributed by atoms with Crippen LogP contribution in [0.4, 0.5) is 21.5 Å². The molecule has 2 unspecified atom stereocenters. The van der Waals surface area contributed by atoms with Gasteiger partial charge in [-0.3, -0.25) is 19.2 Å². The maximum absolute atomic E-state index is 14.1. The number of hydrogen-bond acceptors (Lipinski definition) is 7. The Morgan fingerprint density at radius 1 is 1.08 bits per heavy atom. The maximum atomic E-state index is 14.1. The van der Waals surface area contributed by atoms with Crippen molar-refractivity contribution in [2.24, 2.45) is 16.8 Å². The molecule has 39 heavy (non-hydrogen) atoms. The highest BCUT2D eigenvalue weighted by Crippen LogP contribution is 2.54. The third-order valence-electron chi connectivity index (χ3n) is 6.37. The molecule has 0 fully saturated rings. The normalized spacial score (nSPS) is 18.2. The predicted octanol–water partition coefficient (Wildman–Crippen LogP) is 3.68. The van der Waals surface area contributed by atoms with Crippen LogP contribution in [-0.2, 0) is 19.2 Å². The van der Waals surface area contributed by atoms with Gasteiger partial charge in [0, 0.05) is 40.6 Å². The van der Waals surface area contributed by atoms with Gasteiger partial charge >= 0.3 is 0 Å². The van der Waals surface area contributed by atoms with Gasteiger partial charge in [-0.1, -0.05) is 27.9 Å². The monoisotopic (exact) mass is 540 g/mol. The fraction of sp³-hybridized carbons (Fsp3) is 0.0714. The molecule has 192 valence electrons. The Bertz CT molecular complexity index is 1650. The minimum Gasteiger partial charge on any atom is -0.368 e. The number of amides is 2. The van der Waals surface area contributed by atoms with Gasteiger partial charge in [0.15, 0.2) is 28.7 Å². The van der Waals surface area contributed by atoms with Crippen LogP contribution in [0.5, 0.6) is 0 Å². The van der Waals surface area contributed by atoms with Crippen molar-refractivity contribution in [2.45, 2.75) is 4.90 Å². The Balaban J connectivity index is 1.85. The molecule has 3 aromatic carbocycles. The Morgan fingerprint density at radius 2 is 1.77 bits per heavy atom. The number of nitrogens with two attached hydrogens (primary N) is 1. The van der Waals surface area contributed by atoms with Gasteiger partial charge in [0.05, 0.1) is 17.2 Å². The molecule has 2 atom stereocenters. The molecule has 3 aromatic rings. The van der Waals surface area contributed by atoms with E-state index in [2.05, 4.69) is 5.32 Å². The van der Waals surface area contributed by atoms with Crippen LogP contribution in [0.2, 0.25) is 0 Å². The van der Waals surface area contributed by atoms with Crippen LogP contribution in [0.1, 0.15) is 5.56 Å². The quantitative estimate of drug-likeness (QED) is 0.203. The van der Waals surface area contributed by atoms with Gasteiger partial charge in [-0.25, -0.2) is 4.39 Å². The number of nitrogens with one attached hydrogen (secondary N) is 1. The summed E-state index contributed by atoms with van der Waals surface area (Å²) < 4.78 is 13.6. The number of ketones is 1. The Labute approximate surface area is 226 Å². The lowest BCUT2D eigenvalue weighted by Gasteiger charge is -2.32. The van der Waals surface area contributed by atoms with E-state index < -0.39 is 33.9 Å². The maximum Gasteiger partial charge on any atom is 0.288 e. The first-order chi connectivity index (χ1) is 18.8. The number of nitrogens with zero attached hydrogens (tertiary/aromatic N) is 3. The van der Waals surface area contributed by atoms with Crippen molar-refractivity contribution >= 4 is 64.1 Å². The molecule has 0 aromatic heterocycles. The average molecular weight is 541 g/mol. The van der Waals surface area contributed by atoms with Crippen LogP contribution < -0.4 is 15.6 Å². The van der Waals surface area contributed by atoms with E-state index in [1.54, 1.807) is 60.7 Å². The molecule has 3 N–H and O–H groups in total. The number of fused-ring (bicyclic) bond motifs is 2. The fourth-order valence-corrected chi connectivity index (χ4v) is 5.74. The smallest absolute Gasteiger partial charge is 0.288 e. The van der Waals surface area contributed by atoms with E-state index in [1.165, 1.54) is 23.9 Å². The molecule has 0 bridgehead atoms. The number of carbonyl (C=O) groups is 4. The van der Waals surface area contributed by atoms with E-state index >= 15 is 0 Å². The summed E-state index contributed by atoms with van der Waals surface area (Å²) in [5.41, 5.74) is 8.26. The highest BCUT2D eigenvalue weighted by molar-refractivity contribution is 7.99. The first-order valence-corrected chi connectivity index (χ1v) is 12.6. The summed E-state index contributed by atoms with van der Waals surface area (Å²) in [5, 5.41) is 16.9. The fourth-order valence-electron chi connectivity index (χ4n) is 4.69. The second-order valence-corrected chi connectivity index (χ2v) is 9.68. The minimum absolute atomic E-state index is 0.0935. The number of quaternary nitrogens is 1. The van der Waals surface area contributed by atoms with Crippen LogP contribution in [0, 0.1) is 23.1 Å². The standard InChI is InChI=1S/C28H18FN5O4S/c29-16-6-9-19(10-7-16)34(18-4-2-1-3-5-18)26-20-12-17(32-24(36)14-35)8-11-23(20)39-15-22(26)25(33-34)27(37)21(13-30)28(31)38/h1-12,14,21H,15H2,(H2-,31,32,36,38)/p+1. The molecule has 0 saturated heterocycles. The zero-order valence-electron chi connectivity index (χ0n) is 20.1. The van der Waals surface area contributed by atoms with Gasteiger partial charge in [0.25, 0.3) is 5.91 Å². The number of anilines is 1.